The van der Waals surface area contributed by atoms with Crippen molar-refractivity contribution in [2.75, 3.05) is 48.4 Å². The third-order valence-corrected chi connectivity index (χ3v) is 12.1. The summed E-state index contributed by atoms with van der Waals surface area (Å²) in [6.45, 7) is 2.18. The van der Waals surface area contributed by atoms with E-state index in [2.05, 4.69) is 115 Å². The fourth-order valence-corrected chi connectivity index (χ4v) is 8.79. The van der Waals surface area contributed by atoms with Gasteiger partial charge in [-0.1, -0.05) is 72.8 Å². The van der Waals surface area contributed by atoms with Crippen LogP contribution >= 0.6 is 0 Å². The van der Waals surface area contributed by atoms with E-state index in [0.29, 0.717) is 6.54 Å². The summed E-state index contributed by atoms with van der Waals surface area (Å²) in [7, 11) is 10.3. The first kappa shape index (κ1) is 34.8. The van der Waals surface area contributed by atoms with Crippen LogP contribution in [0.25, 0.3) is 0 Å². The molecule has 7 rings (SSSR count). The van der Waals surface area contributed by atoms with Gasteiger partial charge in [-0.3, -0.25) is 9.80 Å². The van der Waals surface area contributed by atoms with E-state index in [-0.39, 0.29) is 34.2 Å². The Bertz CT molecular complexity index is 1560. The zero-order valence-corrected chi connectivity index (χ0v) is 29.9. The van der Waals surface area contributed by atoms with Crippen molar-refractivity contribution in [3.8, 4) is 5.75 Å². The van der Waals surface area contributed by atoms with E-state index in [1.54, 1.807) is 7.11 Å². The van der Waals surface area contributed by atoms with Gasteiger partial charge in [0.05, 0.1) is 18.2 Å². The number of nitrogens with zero attached hydrogens (tertiary/aromatic N) is 3. The van der Waals surface area contributed by atoms with Gasteiger partial charge < -0.3 is 25.6 Å². The number of carbonyl (C=O) groups is 2. The lowest BCUT2D eigenvalue weighted by Gasteiger charge is -2.48. The number of benzene rings is 3. The van der Waals surface area contributed by atoms with Gasteiger partial charge in [0.1, 0.15) is 5.75 Å². The first-order valence-corrected chi connectivity index (χ1v) is 17.7. The van der Waals surface area contributed by atoms with E-state index in [1.165, 1.54) is 11.1 Å². The molecule has 0 bridgehead atoms. The summed E-state index contributed by atoms with van der Waals surface area (Å²) in [5, 5.41) is 9.38. The Hall–Kier alpha value is -4.08. The molecule has 3 N–H and O–H groups in total. The van der Waals surface area contributed by atoms with Gasteiger partial charge in [0.15, 0.2) is 0 Å². The monoisotopic (exact) mass is 666 g/mol. The number of amides is 4. The molecular weight excluding hydrogens is 612 g/mol. The van der Waals surface area contributed by atoms with Crippen LogP contribution in [0.1, 0.15) is 68.1 Å². The lowest BCUT2D eigenvalue weighted by atomic mass is 9.69. The molecule has 4 amide bonds. The maximum absolute atomic E-state index is 12.7. The average molecular weight is 667 g/mol. The zero-order chi connectivity index (χ0) is 34.7. The van der Waals surface area contributed by atoms with Crippen LogP contribution in [0, 0.1) is 0 Å². The Labute approximate surface area is 292 Å². The minimum atomic E-state index is -0.113. The SMILES string of the molecule is CN(C)C1(c2ccccc2)CCC2(CC1)CNC(=O)N2.COc1ccc(CN2CC3(CCC(c4ccccc4)(N(C)C)CC3)NC2=O)cc1. The highest BCUT2D eigenvalue weighted by atomic mass is 16.5. The van der Waals surface area contributed by atoms with Crippen LogP contribution in [-0.4, -0.2) is 86.2 Å². The van der Waals surface area contributed by atoms with Gasteiger partial charge in [-0.15, -0.1) is 0 Å². The van der Waals surface area contributed by atoms with Gasteiger partial charge in [-0.25, -0.2) is 9.59 Å². The first-order valence-electron chi connectivity index (χ1n) is 17.7. The zero-order valence-electron chi connectivity index (χ0n) is 29.9. The first-order chi connectivity index (χ1) is 23.5. The highest BCUT2D eigenvalue weighted by Crippen LogP contribution is 2.47. The van der Waals surface area contributed by atoms with Crippen molar-refractivity contribution in [1.29, 1.82) is 0 Å². The van der Waals surface area contributed by atoms with E-state index in [4.69, 9.17) is 4.74 Å². The number of urea groups is 2. The van der Waals surface area contributed by atoms with Crippen LogP contribution in [0.2, 0.25) is 0 Å². The number of hydrogen-bond acceptors (Lipinski definition) is 5. The molecule has 4 aliphatic rings. The quantitative estimate of drug-likeness (QED) is 0.286. The molecule has 3 aromatic rings. The van der Waals surface area contributed by atoms with E-state index < -0.39 is 0 Å². The predicted molar refractivity (Wildman–Crippen MR) is 194 cm³/mol. The van der Waals surface area contributed by atoms with Crippen molar-refractivity contribution in [2.45, 2.75) is 80.1 Å². The fourth-order valence-electron chi connectivity index (χ4n) is 8.79. The molecule has 0 unspecified atom stereocenters. The molecule has 2 spiro atoms. The van der Waals surface area contributed by atoms with Gasteiger partial charge in [0.25, 0.3) is 0 Å². The molecule has 262 valence electrons. The van der Waals surface area contributed by atoms with Crippen LogP contribution in [0.5, 0.6) is 5.75 Å². The summed E-state index contributed by atoms with van der Waals surface area (Å²) < 4.78 is 5.23. The standard InChI is InChI=1S/C24H31N3O2.C16H23N3O/c1-26(2)24(20-7-5-4-6-8-20)15-13-23(14-16-24)18-27(22(28)25-23)17-19-9-11-21(29-3)12-10-19;1-19(2)16(13-6-4-3-5-7-13)10-8-15(9-11-16)12-17-14(20)18-15/h4-12H,13-18H2,1-3H3,(H,25,28);3-7H,8-12H2,1-2H3,(H2,17,18,20). The van der Waals surface area contributed by atoms with Crippen molar-refractivity contribution in [3.05, 3.63) is 102 Å². The maximum Gasteiger partial charge on any atom is 0.318 e. The topological polar surface area (TPSA) is 89.2 Å². The van der Waals surface area contributed by atoms with Crippen LogP contribution in [0.4, 0.5) is 9.59 Å². The Balaban J connectivity index is 0.000000182. The van der Waals surface area contributed by atoms with Gasteiger partial charge in [0, 0.05) is 30.7 Å². The molecule has 2 saturated carbocycles. The van der Waals surface area contributed by atoms with Crippen molar-refractivity contribution >= 4 is 12.1 Å². The van der Waals surface area contributed by atoms with Gasteiger partial charge >= 0.3 is 12.1 Å². The summed E-state index contributed by atoms with van der Waals surface area (Å²) >= 11 is 0. The van der Waals surface area contributed by atoms with E-state index in [0.717, 1.165) is 75.8 Å². The Kier molecular flexibility index (Phi) is 9.96. The summed E-state index contributed by atoms with van der Waals surface area (Å²) in [5.41, 5.74) is 3.89. The van der Waals surface area contributed by atoms with Crippen molar-refractivity contribution < 1.29 is 14.3 Å². The van der Waals surface area contributed by atoms with Crippen molar-refractivity contribution in [1.82, 2.24) is 30.7 Å². The predicted octanol–water partition coefficient (Wildman–Crippen LogP) is 6.06. The second-order valence-corrected chi connectivity index (χ2v) is 15.1. The Morgan fingerprint density at radius 1 is 0.653 bits per heavy atom. The lowest BCUT2D eigenvalue weighted by molar-refractivity contribution is 0.0617. The number of rotatable bonds is 7. The third-order valence-electron chi connectivity index (χ3n) is 12.1. The number of ether oxygens (including phenoxy) is 1. The molecule has 2 heterocycles. The van der Waals surface area contributed by atoms with E-state index in [1.807, 2.05) is 29.2 Å². The van der Waals surface area contributed by atoms with Crippen LogP contribution in [0.3, 0.4) is 0 Å². The van der Waals surface area contributed by atoms with Crippen molar-refractivity contribution in [2.24, 2.45) is 0 Å². The molecular formula is C40H54N6O3. The lowest BCUT2D eigenvalue weighted by Crippen LogP contribution is -2.54. The highest BCUT2D eigenvalue weighted by Gasteiger charge is 2.50. The van der Waals surface area contributed by atoms with Crippen LogP contribution in [-0.2, 0) is 17.6 Å². The summed E-state index contributed by atoms with van der Waals surface area (Å²) in [4.78, 5) is 30.8. The van der Waals surface area contributed by atoms with Crippen LogP contribution in [0.15, 0.2) is 84.9 Å². The number of carbonyl (C=O) groups excluding carboxylic acids is 2. The molecule has 9 nitrogen and oxygen atoms in total. The van der Waals surface area contributed by atoms with Gasteiger partial charge in [0.2, 0.25) is 0 Å². The molecule has 0 atom stereocenters. The third kappa shape index (κ3) is 7.01. The normalized spacial score (nSPS) is 29.4. The molecule has 0 radical (unpaired) electrons. The van der Waals surface area contributed by atoms with Gasteiger partial charge in [-0.2, -0.15) is 0 Å². The van der Waals surface area contributed by atoms with Crippen molar-refractivity contribution in [3.63, 3.8) is 0 Å². The average Bonchev–Trinajstić information content (AvgIpc) is 3.64. The number of methoxy groups -OCH3 is 1. The van der Waals surface area contributed by atoms with Crippen LogP contribution < -0.4 is 20.7 Å². The largest absolute Gasteiger partial charge is 0.497 e. The molecule has 2 saturated heterocycles. The molecule has 2 aliphatic heterocycles. The molecule has 0 aromatic heterocycles. The summed E-state index contributed by atoms with van der Waals surface area (Å²) in [5.74, 6) is 0.837. The molecule has 9 heteroatoms. The maximum atomic E-state index is 12.7. The second-order valence-electron chi connectivity index (χ2n) is 15.1. The van der Waals surface area contributed by atoms with E-state index >= 15 is 0 Å². The van der Waals surface area contributed by atoms with Gasteiger partial charge in [-0.05, 0) is 108 Å². The highest BCUT2D eigenvalue weighted by molar-refractivity contribution is 5.78. The molecule has 49 heavy (non-hydrogen) atoms. The second kappa shape index (κ2) is 14.0. The molecule has 2 aliphatic carbocycles. The minimum absolute atomic E-state index is 0.0120. The van der Waals surface area contributed by atoms with E-state index in [9.17, 15) is 9.59 Å². The number of hydrogen-bond donors (Lipinski definition) is 3. The summed E-state index contributed by atoms with van der Waals surface area (Å²) in [6, 6.07) is 29.6. The minimum Gasteiger partial charge on any atom is -0.497 e. The Morgan fingerprint density at radius 2 is 1.14 bits per heavy atom. The fraction of sp³-hybridized carbons (Fsp3) is 0.500. The summed E-state index contributed by atoms with van der Waals surface area (Å²) in [6.07, 6.45) is 8.27. The smallest absolute Gasteiger partial charge is 0.318 e. The molecule has 4 fully saturated rings. The Morgan fingerprint density at radius 3 is 1.57 bits per heavy atom. The number of nitrogens with one attached hydrogen (secondary N) is 3. The molecule has 3 aromatic carbocycles.